The highest BCUT2D eigenvalue weighted by molar-refractivity contribution is 5.95. The molecule has 5 nitrogen and oxygen atoms in total. The van der Waals surface area contributed by atoms with Crippen LogP contribution in [0.25, 0.3) is 0 Å². The Morgan fingerprint density at radius 3 is 2.33 bits per heavy atom. The van der Waals surface area contributed by atoms with E-state index in [4.69, 9.17) is 9.47 Å². The van der Waals surface area contributed by atoms with E-state index in [9.17, 15) is 27.2 Å². The number of benzene rings is 2. The highest BCUT2D eigenvalue weighted by atomic mass is 19.4. The summed E-state index contributed by atoms with van der Waals surface area (Å²) in [5, 5.41) is 2.08. The zero-order valence-corrected chi connectivity index (χ0v) is 14.0. The SMILES string of the molecule is C[C@@H](OC(=O)COc1ccc(F)cc1)C(=O)Nc1ccccc1C(F)(F)F. The van der Waals surface area contributed by atoms with Gasteiger partial charge in [-0.25, -0.2) is 9.18 Å². The van der Waals surface area contributed by atoms with Gasteiger partial charge in [0.1, 0.15) is 11.6 Å². The molecule has 144 valence electrons. The van der Waals surface area contributed by atoms with Crippen molar-refractivity contribution in [3.63, 3.8) is 0 Å². The molecule has 0 heterocycles. The van der Waals surface area contributed by atoms with Crippen LogP contribution in [0.4, 0.5) is 23.2 Å². The molecule has 1 atom stereocenters. The molecule has 0 aliphatic rings. The predicted octanol–water partition coefficient (Wildman–Crippen LogP) is 3.79. The molecule has 0 saturated carbocycles. The summed E-state index contributed by atoms with van der Waals surface area (Å²) in [6.45, 7) is 0.656. The first kappa shape index (κ1) is 20.2. The van der Waals surface area contributed by atoms with Gasteiger partial charge in [-0.1, -0.05) is 12.1 Å². The van der Waals surface area contributed by atoms with E-state index in [1.807, 2.05) is 0 Å². The van der Waals surface area contributed by atoms with Gasteiger partial charge in [0, 0.05) is 0 Å². The van der Waals surface area contributed by atoms with Crippen molar-refractivity contribution in [1.82, 2.24) is 0 Å². The van der Waals surface area contributed by atoms with Crippen LogP contribution in [0.15, 0.2) is 48.5 Å². The van der Waals surface area contributed by atoms with Crippen LogP contribution in [0.5, 0.6) is 5.75 Å². The van der Waals surface area contributed by atoms with E-state index in [1.165, 1.54) is 31.2 Å². The summed E-state index contributed by atoms with van der Waals surface area (Å²) in [6.07, 6.45) is -6.00. The Morgan fingerprint density at radius 1 is 1.07 bits per heavy atom. The van der Waals surface area contributed by atoms with Crippen LogP contribution in [-0.2, 0) is 20.5 Å². The maximum Gasteiger partial charge on any atom is 0.418 e. The Bertz CT molecular complexity index is 806. The quantitative estimate of drug-likeness (QED) is 0.607. The molecular weight excluding hydrogens is 370 g/mol. The molecule has 0 radical (unpaired) electrons. The molecule has 2 aromatic rings. The molecule has 0 aliphatic carbocycles. The fraction of sp³-hybridized carbons (Fsp3) is 0.222. The lowest BCUT2D eigenvalue weighted by Crippen LogP contribution is -2.32. The van der Waals surface area contributed by atoms with E-state index in [1.54, 1.807) is 0 Å². The van der Waals surface area contributed by atoms with Gasteiger partial charge in [-0.05, 0) is 43.3 Å². The molecule has 0 saturated heterocycles. The molecule has 27 heavy (non-hydrogen) atoms. The van der Waals surface area contributed by atoms with Crippen molar-refractivity contribution in [1.29, 1.82) is 0 Å². The second kappa shape index (κ2) is 8.52. The molecule has 0 spiro atoms. The maximum absolute atomic E-state index is 12.9. The van der Waals surface area contributed by atoms with Crippen LogP contribution in [0, 0.1) is 5.82 Å². The van der Waals surface area contributed by atoms with Crippen LogP contribution in [0.1, 0.15) is 12.5 Å². The van der Waals surface area contributed by atoms with Crippen LogP contribution in [0.2, 0.25) is 0 Å². The van der Waals surface area contributed by atoms with Crippen LogP contribution in [0.3, 0.4) is 0 Å². The van der Waals surface area contributed by atoms with Gasteiger partial charge in [0.05, 0.1) is 11.3 Å². The van der Waals surface area contributed by atoms with Crippen molar-refractivity contribution in [2.24, 2.45) is 0 Å². The molecular formula is C18H15F4NO4. The summed E-state index contributed by atoms with van der Waals surface area (Å²) < 4.78 is 61.4. The zero-order chi connectivity index (χ0) is 20.0. The fourth-order valence-corrected chi connectivity index (χ4v) is 2.03. The minimum atomic E-state index is -4.65. The lowest BCUT2D eigenvalue weighted by molar-refractivity contribution is -0.155. The summed E-state index contributed by atoms with van der Waals surface area (Å²) >= 11 is 0. The molecule has 9 heteroatoms. The number of esters is 1. The molecule has 2 rings (SSSR count). The van der Waals surface area contributed by atoms with Crippen molar-refractivity contribution < 1.29 is 36.6 Å². The average molecular weight is 385 g/mol. The van der Waals surface area contributed by atoms with E-state index in [0.29, 0.717) is 0 Å². The molecule has 0 fully saturated rings. The Kier molecular flexibility index (Phi) is 6.38. The number of anilines is 1. The summed E-state index contributed by atoms with van der Waals surface area (Å²) in [5.41, 5.74) is -1.46. The van der Waals surface area contributed by atoms with Crippen molar-refractivity contribution in [2.75, 3.05) is 11.9 Å². The van der Waals surface area contributed by atoms with Gasteiger partial charge in [0.25, 0.3) is 5.91 Å². The minimum absolute atomic E-state index is 0.213. The van der Waals surface area contributed by atoms with E-state index in [0.717, 1.165) is 24.3 Å². The van der Waals surface area contributed by atoms with E-state index in [2.05, 4.69) is 5.32 Å². The first-order chi connectivity index (χ1) is 12.7. The third-order valence-corrected chi connectivity index (χ3v) is 3.34. The van der Waals surface area contributed by atoms with Crippen LogP contribution >= 0.6 is 0 Å². The Balaban J connectivity index is 1.90. The number of ether oxygens (including phenoxy) is 2. The van der Waals surface area contributed by atoms with E-state index >= 15 is 0 Å². The Hall–Kier alpha value is -3.10. The first-order valence-electron chi connectivity index (χ1n) is 7.72. The normalized spacial score (nSPS) is 12.2. The van der Waals surface area contributed by atoms with Crippen molar-refractivity contribution in [3.05, 3.63) is 59.9 Å². The smallest absolute Gasteiger partial charge is 0.418 e. The van der Waals surface area contributed by atoms with Gasteiger partial charge in [0.2, 0.25) is 0 Å². The topological polar surface area (TPSA) is 64.6 Å². The standard InChI is InChI=1S/C18H15F4NO4/c1-11(27-16(24)10-26-13-8-6-12(19)7-9-13)17(25)23-15-5-3-2-4-14(15)18(20,21)22/h2-9,11H,10H2,1H3,(H,23,25)/t11-/m1/s1. The second-order valence-corrected chi connectivity index (χ2v) is 5.41. The number of amides is 1. The zero-order valence-electron chi connectivity index (χ0n) is 14.0. The van der Waals surface area contributed by atoms with Crippen molar-refractivity contribution in [3.8, 4) is 5.75 Å². The van der Waals surface area contributed by atoms with Gasteiger partial charge in [-0.2, -0.15) is 13.2 Å². The summed E-state index contributed by atoms with van der Waals surface area (Å²) in [4.78, 5) is 23.7. The largest absolute Gasteiger partial charge is 0.482 e. The summed E-state index contributed by atoms with van der Waals surface area (Å²) in [7, 11) is 0. The van der Waals surface area contributed by atoms with E-state index < -0.39 is 47.8 Å². The molecule has 0 aromatic heterocycles. The number of hydrogen-bond acceptors (Lipinski definition) is 4. The molecule has 0 unspecified atom stereocenters. The molecule has 0 aliphatic heterocycles. The summed E-state index contributed by atoms with van der Waals surface area (Å²) in [6, 6.07) is 9.30. The molecule has 1 amide bonds. The Morgan fingerprint density at radius 2 is 1.70 bits per heavy atom. The predicted molar refractivity (Wildman–Crippen MR) is 87.5 cm³/mol. The molecule has 2 aromatic carbocycles. The van der Waals surface area contributed by atoms with Gasteiger partial charge in [-0.15, -0.1) is 0 Å². The maximum atomic E-state index is 12.9. The number of nitrogens with one attached hydrogen (secondary N) is 1. The highest BCUT2D eigenvalue weighted by Gasteiger charge is 2.34. The number of alkyl halides is 3. The average Bonchev–Trinajstić information content (AvgIpc) is 2.60. The van der Waals surface area contributed by atoms with Crippen LogP contribution in [-0.4, -0.2) is 24.6 Å². The van der Waals surface area contributed by atoms with Crippen molar-refractivity contribution in [2.45, 2.75) is 19.2 Å². The van der Waals surface area contributed by atoms with Crippen LogP contribution < -0.4 is 10.1 Å². The number of para-hydroxylation sites is 1. The monoisotopic (exact) mass is 385 g/mol. The highest BCUT2D eigenvalue weighted by Crippen LogP contribution is 2.34. The third kappa shape index (κ3) is 5.98. The number of carbonyl (C=O) groups is 2. The first-order valence-corrected chi connectivity index (χ1v) is 7.72. The number of halogens is 4. The molecule has 0 bridgehead atoms. The summed E-state index contributed by atoms with van der Waals surface area (Å²) in [5.74, 6) is -2.10. The van der Waals surface area contributed by atoms with E-state index in [-0.39, 0.29) is 5.75 Å². The van der Waals surface area contributed by atoms with Gasteiger partial charge < -0.3 is 14.8 Å². The van der Waals surface area contributed by atoms with Gasteiger partial charge in [0.15, 0.2) is 12.7 Å². The number of carbonyl (C=O) groups excluding carboxylic acids is 2. The minimum Gasteiger partial charge on any atom is -0.482 e. The van der Waals surface area contributed by atoms with Gasteiger partial charge >= 0.3 is 12.1 Å². The lowest BCUT2D eigenvalue weighted by Gasteiger charge is -2.17. The lowest BCUT2D eigenvalue weighted by atomic mass is 10.1. The van der Waals surface area contributed by atoms with Gasteiger partial charge in [-0.3, -0.25) is 4.79 Å². The van der Waals surface area contributed by atoms with Crippen molar-refractivity contribution >= 4 is 17.6 Å². The third-order valence-electron chi connectivity index (χ3n) is 3.34. The number of hydrogen-bond donors (Lipinski definition) is 1. The molecule has 1 N–H and O–H groups in total. The fourth-order valence-electron chi connectivity index (χ4n) is 2.03. The second-order valence-electron chi connectivity index (χ2n) is 5.41. The number of rotatable bonds is 6. The Labute approximate surface area is 151 Å².